The molecule has 0 aliphatic heterocycles. The Morgan fingerprint density at radius 3 is 2.65 bits per heavy atom. The third-order valence-corrected chi connectivity index (χ3v) is 6.91. The molecule has 0 atom stereocenters. The van der Waals surface area contributed by atoms with Crippen molar-refractivity contribution in [3.05, 3.63) is 51.8 Å². The van der Waals surface area contributed by atoms with Gasteiger partial charge in [0, 0.05) is 24.2 Å². The molecule has 0 saturated carbocycles. The van der Waals surface area contributed by atoms with E-state index >= 15 is 0 Å². The smallest absolute Gasteiger partial charge is 0.260 e. The maximum Gasteiger partial charge on any atom is 0.260 e. The van der Waals surface area contributed by atoms with E-state index in [1.54, 1.807) is 29.7 Å². The average molecular weight is 454 g/mol. The molecule has 0 bridgehead atoms. The standard InChI is InChI=1S/C23H23N3O3S2/c1-13-6-5-7-14(2)21(13)25-19(27)11-26(4)20(28)12-29-17-10-18-22(24-15(3)31-18)23-16(17)8-9-30-23/h5-10H,11-12H2,1-4H3,(H,25,27). The molecule has 2 amide bonds. The lowest BCUT2D eigenvalue weighted by Crippen LogP contribution is -2.37. The van der Waals surface area contributed by atoms with Crippen molar-refractivity contribution in [3.8, 4) is 5.75 Å². The molecule has 2 aromatic heterocycles. The van der Waals surface area contributed by atoms with Crippen molar-refractivity contribution in [1.82, 2.24) is 9.88 Å². The van der Waals surface area contributed by atoms with E-state index in [-0.39, 0.29) is 25.0 Å². The number of para-hydroxylation sites is 1. The summed E-state index contributed by atoms with van der Waals surface area (Å²) in [6.07, 6.45) is 0. The van der Waals surface area contributed by atoms with Crippen LogP contribution in [0.3, 0.4) is 0 Å². The molecule has 0 fully saturated rings. The van der Waals surface area contributed by atoms with Gasteiger partial charge in [0.15, 0.2) is 6.61 Å². The predicted molar refractivity (Wildman–Crippen MR) is 127 cm³/mol. The number of nitrogens with one attached hydrogen (secondary N) is 1. The first-order valence-corrected chi connectivity index (χ1v) is 11.5. The summed E-state index contributed by atoms with van der Waals surface area (Å²) >= 11 is 3.22. The Hall–Kier alpha value is -2.97. The fourth-order valence-electron chi connectivity index (χ4n) is 3.45. The van der Waals surface area contributed by atoms with Crippen LogP contribution in [0.5, 0.6) is 5.75 Å². The third kappa shape index (κ3) is 4.40. The summed E-state index contributed by atoms with van der Waals surface area (Å²) in [4.78, 5) is 31.0. The molecule has 0 spiro atoms. The molecular weight excluding hydrogens is 430 g/mol. The van der Waals surface area contributed by atoms with Gasteiger partial charge in [-0.2, -0.15) is 0 Å². The quantitative estimate of drug-likeness (QED) is 0.450. The lowest BCUT2D eigenvalue weighted by Gasteiger charge is -2.18. The molecule has 1 N–H and O–H groups in total. The number of fused-ring (bicyclic) bond motifs is 3. The van der Waals surface area contributed by atoms with E-state index in [1.165, 1.54) is 4.90 Å². The van der Waals surface area contributed by atoms with E-state index in [9.17, 15) is 9.59 Å². The molecule has 8 heteroatoms. The number of aromatic nitrogens is 1. The summed E-state index contributed by atoms with van der Waals surface area (Å²) in [6, 6.07) is 9.75. The summed E-state index contributed by atoms with van der Waals surface area (Å²) in [5.41, 5.74) is 3.74. The van der Waals surface area contributed by atoms with Gasteiger partial charge < -0.3 is 15.0 Å². The van der Waals surface area contributed by atoms with Gasteiger partial charge in [-0.15, -0.1) is 22.7 Å². The largest absolute Gasteiger partial charge is 0.483 e. The number of nitrogens with zero attached hydrogens (tertiary/aromatic N) is 2. The van der Waals surface area contributed by atoms with Crippen LogP contribution in [0.1, 0.15) is 16.1 Å². The summed E-state index contributed by atoms with van der Waals surface area (Å²) < 4.78 is 7.98. The first kappa shape index (κ1) is 21.3. The highest BCUT2D eigenvalue weighted by molar-refractivity contribution is 7.21. The number of carbonyl (C=O) groups excluding carboxylic acids is 2. The molecule has 160 valence electrons. The summed E-state index contributed by atoms with van der Waals surface area (Å²) in [7, 11) is 1.60. The van der Waals surface area contributed by atoms with Crippen LogP contribution in [0, 0.1) is 20.8 Å². The van der Waals surface area contributed by atoms with Crippen molar-refractivity contribution in [1.29, 1.82) is 0 Å². The minimum absolute atomic E-state index is 0.0447. The van der Waals surface area contributed by atoms with Crippen LogP contribution in [0.4, 0.5) is 5.69 Å². The lowest BCUT2D eigenvalue weighted by atomic mass is 10.1. The Morgan fingerprint density at radius 1 is 1.16 bits per heavy atom. The van der Waals surface area contributed by atoms with Gasteiger partial charge in [0.25, 0.3) is 5.91 Å². The van der Waals surface area contributed by atoms with Crippen molar-refractivity contribution in [2.45, 2.75) is 20.8 Å². The van der Waals surface area contributed by atoms with Gasteiger partial charge in [0.1, 0.15) is 5.75 Å². The zero-order valence-electron chi connectivity index (χ0n) is 17.8. The number of carbonyl (C=O) groups is 2. The monoisotopic (exact) mass is 453 g/mol. The van der Waals surface area contributed by atoms with E-state index in [1.807, 2.05) is 56.5 Å². The van der Waals surface area contributed by atoms with Crippen LogP contribution in [0.25, 0.3) is 20.3 Å². The highest BCUT2D eigenvalue weighted by Crippen LogP contribution is 2.38. The van der Waals surface area contributed by atoms with Crippen LogP contribution < -0.4 is 10.1 Å². The fourth-order valence-corrected chi connectivity index (χ4v) is 5.28. The Balaban J connectivity index is 1.41. The van der Waals surface area contributed by atoms with Crippen LogP contribution in [0.2, 0.25) is 0 Å². The van der Waals surface area contributed by atoms with Crippen LogP contribution in [-0.4, -0.2) is 41.9 Å². The highest BCUT2D eigenvalue weighted by Gasteiger charge is 2.17. The first-order chi connectivity index (χ1) is 14.8. The van der Waals surface area contributed by atoms with Gasteiger partial charge in [-0.25, -0.2) is 4.98 Å². The van der Waals surface area contributed by atoms with Crippen LogP contribution >= 0.6 is 22.7 Å². The Labute approximate surface area is 188 Å². The number of thiophene rings is 1. The predicted octanol–water partition coefficient (Wildman–Crippen LogP) is 4.91. The van der Waals surface area contributed by atoms with Crippen molar-refractivity contribution in [2.75, 3.05) is 25.5 Å². The van der Waals surface area contributed by atoms with Gasteiger partial charge in [-0.1, -0.05) is 18.2 Å². The second kappa shape index (κ2) is 8.64. The van der Waals surface area contributed by atoms with Crippen LogP contribution in [-0.2, 0) is 9.59 Å². The van der Waals surface area contributed by atoms with Crippen molar-refractivity contribution in [3.63, 3.8) is 0 Å². The summed E-state index contributed by atoms with van der Waals surface area (Å²) in [6.45, 7) is 5.68. The van der Waals surface area contributed by atoms with E-state index in [0.717, 1.165) is 42.1 Å². The van der Waals surface area contributed by atoms with Crippen molar-refractivity contribution < 1.29 is 14.3 Å². The molecule has 0 radical (unpaired) electrons. The number of thiazole rings is 1. The number of amides is 2. The minimum Gasteiger partial charge on any atom is -0.483 e. The highest BCUT2D eigenvalue weighted by atomic mass is 32.1. The Morgan fingerprint density at radius 2 is 1.90 bits per heavy atom. The molecule has 0 aliphatic carbocycles. The topological polar surface area (TPSA) is 71.5 Å². The number of anilines is 1. The number of ether oxygens (including phenoxy) is 1. The van der Waals surface area contributed by atoms with Crippen molar-refractivity contribution in [2.24, 2.45) is 0 Å². The SMILES string of the molecule is Cc1nc2c(cc(OCC(=O)N(C)CC(=O)Nc3c(C)cccc3C)c3ccsc32)s1. The number of hydrogen-bond donors (Lipinski definition) is 1. The Bertz CT molecular complexity index is 1270. The fraction of sp³-hybridized carbons (Fsp3) is 0.261. The summed E-state index contributed by atoms with van der Waals surface area (Å²) in [5.74, 6) is 0.157. The minimum atomic E-state index is -0.263. The molecule has 0 saturated heterocycles. The molecule has 31 heavy (non-hydrogen) atoms. The van der Waals surface area contributed by atoms with E-state index in [0.29, 0.717) is 5.75 Å². The van der Waals surface area contributed by atoms with E-state index in [4.69, 9.17) is 4.74 Å². The van der Waals surface area contributed by atoms with Gasteiger partial charge >= 0.3 is 0 Å². The summed E-state index contributed by atoms with van der Waals surface area (Å²) in [5, 5.41) is 6.84. The zero-order valence-corrected chi connectivity index (χ0v) is 19.4. The number of aryl methyl sites for hydroxylation is 3. The van der Waals surface area contributed by atoms with Crippen molar-refractivity contribution >= 4 is 60.5 Å². The molecule has 6 nitrogen and oxygen atoms in total. The lowest BCUT2D eigenvalue weighted by molar-refractivity contribution is -0.135. The van der Waals surface area contributed by atoms with Gasteiger partial charge in [0.05, 0.1) is 26.5 Å². The van der Waals surface area contributed by atoms with Gasteiger partial charge in [0.2, 0.25) is 5.91 Å². The average Bonchev–Trinajstić information content (AvgIpc) is 3.34. The molecule has 0 aliphatic rings. The number of benzene rings is 2. The Kier molecular flexibility index (Phi) is 5.93. The van der Waals surface area contributed by atoms with E-state index < -0.39 is 0 Å². The first-order valence-electron chi connectivity index (χ1n) is 9.83. The molecule has 0 unspecified atom stereocenters. The van der Waals surface area contributed by atoms with Crippen LogP contribution in [0.15, 0.2) is 35.7 Å². The number of hydrogen-bond acceptors (Lipinski definition) is 6. The zero-order chi connectivity index (χ0) is 22.1. The maximum absolute atomic E-state index is 12.6. The van der Waals surface area contributed by atoms with Gasteiger partial charge in [-0.3, -0.25) is 9.59 Å². The normalized spacial score (nSPS) is 11.1. The molecule has 2 aromatic carbocycles. The third-order valence-electron chi connectivity index (χ3n) is 5.07. The molecule has 4 rings (SSSR count). The second-order valence-electron chi connectivity index (χ2n) is 7.47. The molecule has 4 aromatic rings. The maximum atomic E-state index is 12.6. The second-order valence-corrected chi connectivity index (χ2v) is 9.62. The molecular formula is C23H23N3O3S2. The molecule has 2 heterocycles. The van der Waals surface area contributed by atoms with E-state index in [2.05, 4.69) is 10.3 Å². The number of likely N-dealkylation sites (N-methyl/N-ethyl adjacent to an activating group) is 1. The van der Waals surface area contributed by atoms with Gasteiger partial charge in [-0.05, 0) is 43.3 Å². The number of rotatable bonds is 6.